The molecule has 1 saturated carbocycles. The van der Waals surface area contributed by atoms with Crippen LogP contribution in [0.2, 0.25) is 0 Å². The van der Waals surface area contributed by atoms with Gasteiger partial charge >= 0.3 is 8.25 Å². The zero-order chi connectivity index (χ0) is 15.0. The van der Waals surface area contributed by atoms with Gasteiger partial charge in [-0.1, -0.05) is 53.4 Å². The third-order valence-corrected chi connectivity index (χ3v) is 5.21. The number of hydrogen-bond donors (Lipinski definition) is 0. The lowest BCUT2D eigenvalue weighted by Crippen LogP contribution is -2.32. The van der Waals surface area contributed by atoms with Crippen molar-refractivity contribution < 1.29 is 13.6 Å². The van der Waals surface area contributed by atoms with Gasteiger partial charge in [-0.15, -0.1) is 9.05 Å². The Hall–Kier alpha value is 0.0200. The van der Waals surface area contributed by atoms with Gasteiger partial charge in [-0.2, -0.15) is 0 Å². The van der Waals surface area contributed by atoms with Crippen LogP contribution in [0.5, 0.6) is 0 Å². The summed E-state index contributed by atoms with van der Waals surface area (Å²) < 4.78 is 23.0. The fourth-order valence-electron chi connectivity index (χ4n) is 3.04. The van der Waals surface area contributed by atoms with Gasteiger partial charge in [0.25, 0.3) is 0 Å². The third kappa shape index (κ3) is 6.65. The molecule has 0 bridgehead atoms. The van der Waals surface area contributed by atoms with Crippen molar-refractivity contribution in [2.45, 2.75) is 78.7 Å². The van der Waals surface area contributed by atoms with Crippen molar-refractivity contribution in [1.29, 1.82) is 0 Å². The Balaban J connectivity index is 2.30. The summed E-state index contributed by atoms with van der Waals surface area (Å²) in [4.78, 5) is 0. The van der Waals surface area contributed by atoms with E-state index in [1.54, 1.807) is 0 Å². The van der Waals surface area contributed by atoms with Gasteiger partial charge in [0.2, 0.25) is 0 Å². The highest BCUT2D eigenvalue weighted by Gasteiger charge is 2.38. The Morgan fingerprint density at radius 3 is 2.60 bits per heavy atom. The van der Waals surface area contributed by atoms with Gasteiger partial charge in [-0.3, -0.25) is 0 Å². The molecule has 0 saturated heterocycles. The van der Waals surface area contributed by atoms with Gasteiger partial charge in [0.1, 0.15) is 12.7 Å². The Morgan fingerprint density at radius 1 is 1.20 bits per heavy atom. The van der Waals surface area contributed by atoms with Crippen molar-refractivity contribution in [3.05, 3.63) is 0 Å². The quantitative estimate of drug-likeness (QED) is 0.404. The van der Waals surface area contributed by atoms with Gasteiger partial charge in [0, 0.05) is 4.57 Å². The van der Waals surface area contributed by atoms with Gasteiger partial charge in [-0.05, 0) is 37.0 Å². The molecule has 0 N–H and O–H groups in total. The van der Waals surface area contributed by atoms with Crippen molar-refractivity contribution in [2.75, 3.05) is 6.61 Å². The van der Waals surface area contributed by atoms with Crippen LogP contribution < -0.4 is 0 Å². The highest BCUT2D eigenvalue weighted by Crippen LogP contribution is 2.40. The maximum Gasteiger partial charge on any atom is 0.697 e. The Labute approximate surface area is 125 Å². The fourth-order valence-corrected chi connectivity index (χ4v) is 3.85. The molecule has 1 aliphatic carbocycles. The highest BCUT2D eigenvalue weighted by atomic mass is 31.1. The largest absolute Gasteiger partial charge is 0.697 e. The first-order valence-electron chi connectivity index (χ1n) is 8.31. The molecule has 0 aromatic carbocycles. The van der Waals surface area contributed by atoms with Crippen LogP contribution in [0.15, 0.2) is 0 Å². The molecule has 4 heteroatoms. The van der Waals surface area contributed by atoms with E-state index in [9.17, 15) is 4.57 Å². The number of rotatable bonds is 9. The van der Waals surface area contributed by atoms with Crippen LogP contribution in [-0.4, -0.2) is 12.7 Å². The minimum absolute atomic E-state index is 0.109. The first kappa shape index (κ1) is 18.1. The molecule has 0 heterocycles. The normalized spacial score (nSPS) is 27.9. The van der Waals surface area contributed by atoms with Gasteiger partial charge in [-0.25, -0.2) is 0 Å². The van der Waals surface area contributed by atoms with E-state index in [-0.39, 0.29) is 6.10 Å². The molecule has 0 amide bonds. The molecule has 1 fully saturated rings. The van der Waals surface area contributed by atoms with Gasteiger partial charge < -0.3 is 0 Å². The summed E-state index contributed by atoms with van der Waals surface area (Å²) in [7, 11) is -1.94. The molecule has 0 aromatic rings. The van der Waals surface area contributed by atoms with E-state index in [1.165, 1.54) is 25.7 Å². The van der Waals surface area contributed by atoms with Crippen LogP contribution in [0.3, 0.4) is 0 Å². The lowest BCUT2D eigenvalue weighted by molar-refractivity contribution is 0.0382. The van der Waals surface area contributed by atoms with Crippen molar-refractivity contribution >= 4 is 8.25 Å². The second-order valence-electron chi connectivity index (χ2n) is 6.59. The number of unbranched alkanes of at least 4 members (excludes halogenated alkanes) is 3. The zero-order valence-corrected chi connectivity index (χ0v) is 14.5. The summed E-state index contributed by atoms with van der Waals surface area (Å²) in [6.45, 7) is 9.46. The molecule has 3 nitrogen and oxygen atoms in total. The smallest absolute Gasteiger partial charge is 0.119 e. The van der Waals surface area contributed by atoms with E-state index in [2.05, 4.69) is 27.7 Å². The van der Waals surface area contributed by atoms with E-state index in [4.69, 9.17) is 9.05 Å². The van der Waals surface area contributed by atoms with Crippen LogP contribution in [0.4, 0.5) is 0 Å². The van der Waals surface area contributed by atoms with E-state index in [1.807, 2.05) is 0 Å². The Kier molecular flexibility index (Phi) is 8.91. The molecule has 20 heavy (non-hydrogen) atoms. The maximum absolute atomic E-state index is 11.9. The van der Waals surface area contributed by atoms with Crippen molar-refractivity contribution in [3.8, 4) is 0 Å². The summed E-state index contributed by atoms with van der Waals surface area (Å²) in [6.07, 6.45) is 8.12. The maximum atomic E-state index is 11.9. The SMILES string of the molecule is CCCCCCO[P+](=O)OC1C[C@@H](C)CCC1C(C)C. The Bertz CT molecular complexity index is 281. The molecular formula is C16H32O3P+. The van der Waals surface area contributed by atoms with Gasteiger partial charge in [0.05, 0.1) is 0 Å². The van der Waals surface area contributed by atoms with E-state index >= 15 is 0 Å². The summed E-state index contributed by atoms with van der Waals surface area (Å²) in [5, 5.41) is 0. The summed E-state index contributed by atoms with van der Waals surface area (Å²) in [6, 6.07) is 0. The van der Waals surface area contributed by atoms with E-state index in [0.717, 1.165) is 19.3 Å². The summed E-state index contributed by atoms with van der Waals surface area (Å²) >= 11 is 0. The molecular weight excluding hydrogens is 271 g/mol. The van der Waals surface area contributed by atoms with Crippen LogP contribution in [0.1, 0.15) is 72.6 Å². The highest BCUT2D eigenvalue weighted by molar-refractivity contribution is 7.33. The molecule has 3 unspecified atom stereocenters. The van der Waals surface area contributed by atoms with Crippen molar-refractivity contribution in [3.63, 3.8) is 0 Å². The average molecular weight is 303 g/mol. The molecule has 1 rings (SSSR count). The second-order valence-corrected chi connectivity index (χ2v) is 7.50. The molecule has 0 spiro atoms. The fraction of sp³-hybridized carbons (Fsp3) is 1.00. The van der Waals surface area contributed by atoms with E-state index in [0.29, 0.717) is 24.4 Å². The standard InChI is InChI=1S/C16H32O3P/c1-5-6-7-8-11-18-20(17)19-16-12-14(4)9-10-15(16)13(2)3/h13-16H,5-12H2,1-4H3/q+1/t14-,15?,16?/m0/s1. The van der Waals surface area contributed by atoms with Crippen LogP contribution in [-0.2, 0) is 13.6 Å². The molecule has 1 aliphatic rings. The van der Waals surface area contributed by atoms with Crippen molar-refractivity contribution in [1.82, 2.24) is 0 Å². The molecule has 0 aromatic heterocycles. The zero-order valence-electron chi connectivity index (χ0n) is 13.6. The number of hydrogen-bond acceptors (Lipinski definition) is 3. The summed E-state index contributed by atoms with van der Waals surface area (Å²) in [5.41, 5.74) is 0. The predicted molar refractivity (Wildman–Crippen MR) is 83.9 cm³/mol. The topological polar surface area (TPSA) is 35.5 Å². The first-order valence-corrected chi connectivity index (χ1v) is 9.41. The minimum atomic E-state index is -1.94. The molecule has 0 aliphatic heterocycles. The Morgan fingerprint density at radius 2 is 1.95 bits per heavy atom. The minimum Gasteiger partial charge on any atom is -0.119 e. The summed E-state index contributed by atoms with van der Waals surface area (Å²) in [5.74, 6) is 1.78. The van der Waals surface area contributed by atoms with Crippen molar-refractivity contribution in [2.24, 2.45) is 17.8 Å². The molecule has 0 radical (unpaired) electrons. The average Bonchev–Trinajstić information content (AvgIpc) is 2.38. The van der Waals surface area contributed by atoms with Crippen LogP contribution >= 0.6 is 8.25 Å². The first-order chi connectivity index (χ1) is 9.54. The lowest BCUT2D eigenvalue weighted by Gasteiger charge is -2.33. The molecule has 118 valence electrons. The van der Waals surface area contributed by atoms with Gasteiger partial charge in [0.15, 0.2) is 0 Å². The van der Waals surface area contributed by atoms with Crippen LogP contribution in [0.25, 0.3) is 0 Å². The van der Waals surface area contributed by atoms with E-state index < -0.39 is 8.25 Å². The van der Waals surface area contributed by atoms with Crippen LogP contribution in [0, 0.1) is 17.8 Å². The molecule has 4 atom stereocenters. The third-order valence-electron chi connectivity index (χ3n) is 4.38. The lowest BCUT2D eigenvalue weighted by atomic mass is 9.75. The monoisotopic (exact) mass is 303 g/mol. The predicted octanol–water partition coefficient (Wildman–Crippen LogP) is 5.72. The second kappa shape index (κ2) is 9.87.